The van der Waals surface area contributed by atoms with E-state index >= 15 is 0 Å². The maximum Gasteiger partial charge on any atom is 0.200 e. The quantitative estimate of drug-likeness (QED) is 0.794. The lowest BCUT2D eigenvalue weighted by Gasteiger charge is -2.20. The van der Waals surface area contributed by atoms with Crippen molar-refractivity contribution in [2.24, 2.45) is 0 Å². The fraction of sp³-hybridized carbons (Fsp3) is 0.353. The predicted octanol–water partition coefficient (Wildman–Crippen LogP) is 3.63. The van der Waals surface area contributed by atoms with Gasteiger partial charge < -0.3 is 5.32 Å². The summed E-state index contributed by atoms with van der Waals surface area (Å²) in [5, 5.41) is 15.9. The van der Waals surface area contributed by atoms with Crippen LogP contribution in [0.5, 0.6) is 0 Å². The molecule has 1 aliphatic rings. The Kier molecular flexibility index (Phi) is 3.26. The summed E-state index contributed by atoms with van der Waals surface area (Å²) in [5.74, 6) is -0.897. The van der Waals surface area contributed by atoms with Gasteiger partial charge in [-0.25, -0.2) is 8.78 Å². The van der Waals surface area contributed by atoms with Crippen LogP contribution in [0.1, 0.15) is 43.9 Å². The van der Waals surface area contributed by atoms with E-state index in [4.69, 9.17) is 0 Å². The van der Waals surface area contributed by atoms with Crippen LogP contribution in [0, 0.1) is 11.6 Å². The molecule has 1 N–H and O–H groups in total. The van der Waals surface area contributed by atoms with Crippen molar-refractivity contribution < 1.29 is 8.78 Å². The summed E-state index contributed by atoms with van der Waals surface area (Å²) in [6.45, 7) is 4.11. The van der Waals surface area contributed by atoms with Crippen molar-refractivity contribution in [2.45, 2.75) is 38.1 Å². The van der Waals surface area contributed by atoms with E-state index in [0.717, 1.165) is 30.3 Å². The molecule has 4 rings (SSSR count). The molecule has 0 unspecified atom stereocenters. The van der Waals surface area contributed by atoms with Gasteiger partial charge in [0.25, 0.3) is 0 Å². The second kappa shape index (κ2) is 5.22. The van der Waals surface area contributed by atoms with Crippen LogP contribution in [0.4, 0.5) is 14.5 Å². The molecule has 0 saturated heterocycles. The van der Waals surface area contributed by atoms with E-state index in [1.54, 1.807) is 10.8 Å². The number of hydrogen-bond donors (Lipinski definition) is 1. The molecule has 1 aliphatic carbocycles. The Morgan fingerprint density at radius 1 is 1.12 bits per heavy atom. The number of nitrogens with one attached hydrogen (secondary N) is 1. The number of aromatic nitrogens is 4. The summed E-state index contributed by atoms with van der Waals surface area (Å²) in [6, 6.07) is 5.59. The van der Waals surface area contributed by atoms with Crippen LogP contribution in [-0.4, -0.2) is 19.8 Å². The number of hydrogen-bond acceptors (Lipinski definition) is 4. The first-order valence-electron chi connectivity index (χ1n) is 7.93. The maximum atomic E-state index is 13.6. The van der Waals surface area contributed by atoms with E-state index < -0.39 is 17.2 Å². The number of nitrogens with zero attached hydrogens (tertiary/aromatic N) is 4. The minimum Gasteiger partial charge on any atom is -0.372 e. The smallest absolute Gasteiger partial charge is 0.200 e. The molecule has 1 saturated carbocycles. The number of anilines is 1. The SMILES string of the molecule is CC(C)c1cc(NC2(c3cc(F)cc(F)c3)CC2)c2nncn2n1. The van der Waals surface area contributed by atoms with Crippen molar-refractivity contribution in [1.29, 1.82) is 0 Å². The normalized spacial score (nSPS) is 15.9. The molecule has 0 spiro atoms. The molecule has 7 heteroatoms. The summed E-state index contributed by atoms with van der Waals surface area (Å²) in [4.78, 5) is 0. The van der Waals surface area contributed by atoms with Gasteiger partial charge in [0.15, 0.2) is 0 Å². The molecule has 1 fully saturated rings. The zero-order valence-corrected chi connectivity index (χ0v) is 13.4. The molecular formula is C17H17F2N5. The first-order valence-corrected chi connectivity index (χ1v) is 7.93. The number of halogens is 2. The summed E-state index contributed by atoms with van der Waals surface area (Å²) in [5.41, 5.74) is 2.41. The van der Waals surface area contributed by atoms with Crippen LogP contribution in [0.15, 0.2) is 30.6 Å². The van der Waals surface area contributed by atoms with Gasteiger partial charge in [-0.15, -0.1) is 10.2 Å². The van der Waals surface area contributed by atoms with Crippen molar-refractivity contribution in [2.75, 3.05) is 5.32 Å². The lowest BCUT2D eigenvalue weighted by Crippen LogP contribution is -2.20. The van der Waals surface area contributed by atoms with E-state index in [0.29, 0.717) is 11.2 Å². The van der Waals surface area contributed by atoms with Crippen LogP contribution in [0.25, 0.3) is 5.65 Å². The highest BCUT2D eigenvalue weighted by molar-refractivity contribution is 5.69. The monoisotopic (exact) mass is 329 g/mol. The molecule has 0 bridgehead atoms. The highest BCUT2D eigenvalue weighted by Gasteiger charge is 2.45. The molecule has 0 atom stereocenters. The molecular weight excluding hydrogens is 312 g/mol. The Morgan fingerprint density at radius 2 is 1.83 bits per heavy atom. The van der Waals surface area contributed by atoms with E-state index in [1.807, 2.05) is 6.07 Å². The van der Waals surface area contributed by atoms with Gasteiger partial charge in [0, 0.05) is 6.07 Å². The van der Waals surface area contributed by atoms with Gasteiger partial charge >= 0.3 is 0 Å². The van der Waals surface area contributed by atoms with Crippen molar-refractivity contribution in [3.8, 4) is 0 Å². The zero-order valence-electron chi connectivity index (χ0n) is 13.4. The van der Waals surface area contributed by atoms with Crippen molar-refractivity contribution in [1.82, 2.24) is 19.8 Å². The van der Waals surface area contributed by atoms with Gasteiger partial charge in [0.05, 0.1) is 16.9 Å². The molecule has 3 aromatic rings. The van der Waals surface area contributed by atoms with Crippen LogP contribution >= 0.6 is 0 Å². The second-order valence-electron chi connectivity index (χ2n) is 6.60. The predicted molar refractivity (Wildman–Crippen MR) is 85.8 cm³/mol. The number of benzene rings is 1. The highest BCUT2D eigenvalue weighted by atomic mass is 19.1. The minimum absolute atomic E-state index is 0.235. The van der Waals surface area contributed by atoms with Gasteiger partial charge in [-0.1, -0.05) is 13.8 Å². The molecule has 5 nitrogen and oxygen atoms in total. The first kappa shape index (κ1) is 15.0. The van der Waals surface area contributed by atoms with Crippen molar-refractivity contribution in [3.63, 3.8) is 0 Å². The highest BCUT2D eigenvalue weighted by Crippen LogP contribution is 2.49. The number of rotatable bonds is 4. The van der Waals surface area contributed by atoms with E-state index in [2.05, 4.69) is 34.5 Å². The average Bonchev–Trinajstić information content (AvgIpc) is 3.14. The molecule has 2 heterocycles. The Morgan fingerprint density at radius 3 is 2.46 bits per heavy atom. The first-order chi connectivity index (χ1) is 11.5. The largest absolute Gasteiger partial charge is 0.372 e. The van der Waals surface area contributed by atoms with Crippen molar-refractivity contribution in [3.05, 3.63) is 53.5 Å². The van der Waals surface area contributed by atoms with Crippen molar-refractivity contribution >= 4 is 11.3 Å². The van der Waals surface area contributed by atoms with E-state index in [9.17, 15) is 8.78 Å². The Bertz CT molecular complexity index is 894. The molecule has 2 aromatic heterocycles. The van der Waals surface area contributed by atoms with Crippen LogP contribution in [0.3, 0.4) is 0 Å². The fourth-order valence-electron chi connectivity index (χ4n) is 2.92. The molecule has 0 aliphatic heterocycles. The van der Waals surface area contributed by atoms with Crippen LogP contribution < -0.4 is 5.32 Å². The fourth-order valence-corrected chi connectivity index (χ4v) is 2.92. The minimum atomic E-state index is -0.566. The van der Waals surface area contributed by atoms with Gasteiger partial charge in [-0.2, -0.15) is 9.61 Å². The van der Waals surface area contributed by atoms with E-state index in [-0.39, 0.29) is 5.92 Å². The lowest BCUT2D eigenvalue weighted by molar-refractivity contribution is 0.575. The van der Waals surface area contributed by atoms with E-state index in [1.165, 1.54) is 12.1 Å². The third-order valence-electron chi connectivity index (χ3n) is 4.42. The molecule has 0 radical (unpaired) electrons. The zero-order chi connectivity index (χ0) is 16.9. The van der Waals surface area contributed by atoms with Gasteiger partial charge in [-0.3, -0.25) is 0 Å². The third-order valence-corrected chi connectivity index (χ3v) is 4.42. The van der Waals surface area contributed by atoms with Crippen LogP contribution in [-0.2, 0) is 5.54 Å². The Hall–Kier alpha value is -2.57. The summed E-state index contributed by atoms with van der Waals surface area (Å²) in [6.07, 6.45) is 3.15. The standard InChI is InChI=1S/C17H17F2N5/c1-10(2)14-8-15(16-22-20-9-24(16)23-14)21-17(3-4-17)11-5-12(18)7-13(19)6-11/h5-10,21H,3-4H2,1-2H3. The summed E-state index contributed by atoms with van der Waals surface area (Å²) >= 11 is 0. The molecule has 124 valence electrons. The topological polar surface area (TPSA) is 55.1 Å². The third kappa shape index (κ3) is 2.50. The second-order valence-corrected chi connectivity index (χ2v) is 6.60. The average molecular weight is 329 g/mol. The summed E-state index contributed by atoms with van der Waals surface area (Å²) in [7, 11) is 0. The maximum absolute atomic E-state index is 13.6. The van der Waals surface area contributed by atoms with Gasteiger partial charge in [0.1, 0.15) is 18.0 Å². The Labute approximate surface area is 137 Å². The van der Waals surface area contributed by atoms with Gasteiger partial charge in [-0.05, 0) is 42.5 Å². The molecule has 24 heavy (non-hydrogen) atoms. The Balaban J connectivity index is 1.77. The number of fused-ring (bicyclic) bond motifs is 1. The molecule has 1 aromatic carbocycles. The lowest BCUT2D eigenvalue weighted by atomic mass is 10.0. The summed E-state index contributed by atoms with van der Waals surface area (Å²) < 4.78 is 28.8. The van der Waals surface area contributed by atoms with Crippen LogP contribution in [0.2, 0.25) is 0 Å². The molecule has 0 amide bonds. The van der Waals surface area contributed by atoms with Gasteiger partial charge in [0.2, 0.25) is 5.65 Å².